The lowest BCUT2D eigenvalue weighted by Gasteiger charge is -2.34. The third kappa shape index (κ3) is 4.42. The summed E-state index contributed by atoms with van der Waals surface area (Å²) in [5.41, 5.74) is 4.50. The van der Waals surface area contributed by atoms with E-state index in [-0.39, 0.29) is 12.1 Å². The van der Waals surface area contributed by atoms with E-state index in [0.717, 1.165) is 41.1 Å². The van der Waals surface area contributed by atoms with Crippen LogP contribution in [-0.2, 0) is 11.8 Å². The Morgan fingerprint density at radius 1 is 1.26 bits per heavy atom. The molecule has 1 N–H and O–H groups in total. The number of carbonyl (C=O) groups excluding carboxylic acids is 1. The molecule has 2 unspecified atom stereocenters. The number of nitrogens with zero attached hydrogens (tertiary/aromatic N) is 5. The summed E-state index contributed by atoms with van der Waals surface area (Å²) in [6, 6.07) is -0.266. The SMILES string of the molecule is Cc1cnc(Nc2cnn(C)c2C)nc1C1=CC2CCC(C1)N2C(=O)CCC(F)(F)F. The average molecular weight is 434 g/mol. The van der Waals surface area contributed by atoms with Crippen LogP contribution < -0.4 is 5.32 Å². The minimum absolute atomic E-state index is 0.0860. The Balaban J connectivity index is 1.54. The van der Waals surface area contributed by atoms with Crippen molar-refractivity contribution in [1.82, 2.24) is 24.6 Å². The Hall–Kier alpha value is -2.91. The number of carbonyl (C=O) groups is 1. The maximum Gasteiger partial charge on any atom is 0.389 e. The van der Waals surface area contributed by atoms with E-state index < -0.39 is 24.9 Å². The molecular formula is C21H25F3N6O. The standard InChI is InChI=1S/C21H25F3N6O/c1-12-10-25-20(27-17-11-26-29(3)13(17)2)28-19(12)14-8-15-4-5-16(9-14)30(15)18(31)6-7-21(22,23)24/h8,10-11,15-16H,4-7,9H2,1-3H3,(H,25,27,28). The molecule has 2 aromatic rings. The summed E-state index contributed by atoms with van der Waals surface area (Å²) in [5, 5.41) is 7.40. The van der Waals surface area contributed by atoms with Crippen LogP contribution in [0.3, 0.4) is 0 Å². The van der Waals surface area contributed by atoms with Crippen LogP contribution in [0, 0.1) is 13.8 Å². The van der Waals surface area contributed by atoms with Crippen molar-refractivity contribution < 1.29 is 18.0 Å². The largest absolute Gasteiger partial charge is 0.389 e. The molecule has 1 fully saturated rings. The van der Waals surface area contributed by atoms with E-state index >= 15 is 0 Å². The molecule has 0 spiro atoms. The summed E-state index contributed by atoms with van der Waals surface area (Å²) in [4.78, 5) is 23.2. The van der Waals surface area contributed by atoms with Gasteiger partial charge in [-0.1, -0.05) is 6.08 Å². The Kier molecular flexibility index (Phi) is 5.49. The Morgan fingerprint density at radius 3 is 2.68 bits per heavy atom. The van der Waals surface area contributed by atoms with E-state index in [1.165, 1.54) is 0 Å². The summed E-state index contributed by atoms with van der Waals surface area (Å²) in [5.74, 6) is 0.0302. The number of rotatable bonds is 5. The third-order valence-corrected chi connectivity index (χ3v) is 6.06. The van der Waals surface area contributed by atoms with Gasteiger partial charge in [-0.15, -0.1) is 0 Å². The van der Waals surface area contributed by atoms with Crippen molar-refractivity contribution in [2.45, 2.75) is 64.2 Å². The number of nitrogens with one attached hydrogen (secondary N) is 1. The van der Waals surface area contributed by atoms with Crippen molar-refractivity contribution in [3.05, 3.63) is 35.4 Å². The molecule has 1 saturated heterocycles. The number of anilines is 2. The molecule has 2 aromatic heterocycles. The van der Waals surface area contributed by atoms with Crippen molar-refractivity contribution in [1.29, 1.82) is 0 Å². The molecule has 2 aliphatic rings. The van der Waals surface area contributed by atoms with Gasteiger partial charge in [0.05, 0.1) is 35.7 Å². The van der Waals surface area contributed by atoms with Gasteiger partial charge in [-0.2, -0.15) is 18.3 Å². The first-order valence-electron chi connectivity index (χ1n) is 10.3. The van der Waals surface area contributed by atoms with Gasteiger partial charge in [0, 0.05) is 25.7 Å². The second-order valence-corrected chi connectivity index (χ2v) is 8.23. The van der Waals surface area contributed by atoms with Gasteiger partial charge in [-0.25, -0.2) is 9.97 Å². The van der Waals surface area contributed by atoms with Crippen molar-refractivity contribution in [3.63, 3.8) is 0 Å². The number of hydrogen-bond acceptors (Lipinski definition) is 5. The van der Waals surface area contributed by atoms with E-state index in [9.17, 15) is 18.0 Å². The minimum Gasteiger partial charge on any atom is -0.333 e. The first kappa shape index (κ1) is 21.3. The molecule has 31 heavy (non-hydrogen) atoms. The predicted molar refractivity (Wildman–Crippen MR) is 110 cm³/mol. The molecule has 2 bridgehead atoms. The fourth-order valence-electron chi connectivity index (χ4n) is 4.34. The molecule has 7 nitrogen and oxygen atoms in total. The van der Waals surface area contributed by atoms with E-state index in [4.69, 9.17) is 4.98 Å². The topological polar surface area (TPSA) is 75.9 Å². The molecule has 0 aliphatic carbocycles. The van der Waals surface area contributed by atoms with Crippen molar-refractivity contribution in [2.75, 3.05) is 5.32 Å². The fourth-order valence-corrected chi connectivity index (χ4v) is 4.34. The highest BCUT2D eigenvalue weighted by atomic mass is 19.4. The second-order valence-electron chi connectivity index (χ2n) is 8.23. The molecular weight excluding hydrogens is 409 g/mol. The highest BCUT2D eigenvalue weighted by Gasteiger charge is 2.41. The van der Waals surface area contributed by atoms with Crippen LogP contribution in [0.4, 0.5) is 24.8 Å². The Bertz CT molecular complexity index is 1030. The number of amides is 1. The zero-order valence-electron chi connectivity index (χ0n) is 17.7. The average Bonchev–Trinajstić information content (AvgIpc) is 3.16. The van der Waals surface area contributed by atoms with Crippen LogP contribution in [-0.4, -0.2) is 48.8 Å². The number of aryl methyl sites for hydroxylation is 2. The molecule has 0 aromatic carbocycles. The lowest BCUT2D eigenvalue weighted by molar-refractivity contribution is -0.150. The van der Waals surface area contributed by atoms with Crippen LogP contribution in [0.15, 0.2) is 18.5 Å². The van der Waals surface area contributed by atoms with Crippen LogP contribution in [0.25, 0.3) is 5.57 Å². The van der Waals surface area contributed by atoms with Gasteiger partial charge in [-0.05, 0) is 44.2 Å². The highest BCUT2D eigenvalue weighted by Crippen LogP contribution is 2.39. The number of aromatic nitrogens is 4. The van der Waals surface area contributed by atoms with E-state index in [0.29, 0.717) is 12.4 Å². The second kappa shape index (κ2) is 7.97. The summed E-state index contributed by atoms with van der Waals surface area (Å²) in [6.07, 6.45) is 1.68. The van der Waals surface area contributed by atoms with Gasteiger partial charge in [0.25, 0.3) is 0 Å². The molecule has 10 heteroatoms. The molecule has 0 saturated carbocycles. The molecule has 4 heterocycles. The number of hydrogen-bond donors (Lipinski definition) is 1. The maximum absolute atomic E-state index is 12.5. The van der Waals surface area contributed by atoms with Gasteiger partial charge in [0.15, 0.2) is 0 Å². The zero-order valence-corrected chi connectivity index (χ0v) is 17.7. The van der Waals surface area contributed by atoms with E-state index in [2.05, 4.69) is 15.4 Å². The summed E-state index contributed by atoms with van der Waals surface area (Å²) in [7, 11) is 1.85. The molecule has 1 amide bonds. The van der Waals surface area contributed by atoms with Gasteiger partial charge in [-0.3, -0.25) is 9.48 Å². The van der Waals surface area contributed by atoms with Crippen molar-refractivity contribution in [3.8, 4) is 0 Å². The minimum atomic E-state index is -4.32. The Labute approximate surface area is 178 Å². The molecule has 2 aliphatic heterocycles. The molecule has 166 valence electrons. The Morgan fingerprint density at radius 2 is 2.03 bits per heavy atom. The molecule has 4 rings (SSSR count). The van der Waals surface area contributed by atoms with E-state index in [1.54, 1.807) is 22.0 Å². The number of fused-ring (bicyclic) bond motifs is 2. The quantitative estimate of drug-likeness (QED) is 0.768. The van der Waals surface area contributed by atoms with Crippen molar-refractivity contribution in [2.24, 2.45) is 7.05 Å². The van der Waals surface area contributed by atoms with Crippen LogP contribution in [0.1, 0.15) is 49.1 Å². The monoisotopic (exact) mass is 434 g/mol. The summed E-state index contributed by atoms with van der Waals surface area (Å²) >= 11 is 0. The van der Waals surface area contributed by atoms with Gasteiger partial charge >= 0.3 is 6.18 Å². The van der Waals surface area contributed by atoms with Crippen molar-refractivity contribution >= 4 is 23.1 Å². The van der Waals surface area contributed by atoms with Gasteiger partial charge in [0.2, 0.25) is 11.9 Å². The van der Waals surface area contributed by atoms with E-state index in [1.807, 2.05) is 27.0 Å². The van der Waals surface area contributed by atoms with Gasteiger partial charge < -0.3 is 10.2 Å². The van der Waals surface area contributed by atoms with Gasteiger partial charge in [0.1, 0.15) is 0 Å². The number of alkyl halides is 3. The summed E-state index contributed by atoms with van der Waals surface area (Å²) < 4.78 is 39.4. The molecule has 2 atom stereocenters. The summed E-state index contributed by atoms with van der Waals surface area (Å²) in [6.45, 7) is 3.87. The highest BCUT2D eigenvalue weighted by molar-refractivity contribution is 5.80. The molecule has 0 radical (unpaired) electrons. The first-order chi connectivity index (χ1) is 14.6. The lowest BCUT2D eigenvalue weighted by atomic mass is 9.96. The lowest BCUT2D eigenvalue weighted by Crippen LogP contribution is -2.43. The fraction of sp³-hybridized carbons (Fsp3) is 0.524. The predicted octanol–water partition coefficient (Wildman–Crippen LogP) is 4.06. The zero-order chi connectivity index (χ0) is 22.3. The van der Waals surface area contributed by atoms with Crippen LogP contribution in [0.2, 0.25) is 0 Å². The van der Waals surface area contributed by atoms with Crippen LogP contribution in [0.5, 0.6) is 0 Å². The third-order valence-electron chi connectivity index (χ3n) is 6.06. The maximum atomic E-state index is 12.5. The first-order valence-corrected chi connectivity index (χ1v) is 10.3. The van der Waals surface area contributed by atoms with Crippen LogP contribution >= 0.6 is 0 Å². The normalized spacial score (nSPS) is 20.7. The smallest absolute Gasteiger partial charge is 0.333 e. The number of halogens is 3.